The normalized spacial score (nSPS) is 57.0. The molecule has 2 spiro atoms. The first-order valence-corrected chi connectivity index (χ1v) is 10.5. The van der Waals surface area contributed by atoms with Crippen LogP contribution in [-0.4, -0.2) is 29.1 Å². The summed E-state index contributed by atoms with van der Waals surface area (Å²) in [5.41, 5.74) is 1.12. The molecule has 4 nitrogen and oxygen atoms in total. The number of carbonyl (C=O) groups excluding carboxylic acids is 2. The van der Waals surface area contributed by atoms with Gasteiger partial charge in [0.15, 0.2) is 5.78 Å². The first-order chi connectivity index (χ1) is 12.3. The number of rotatable bonds is 0. The lowest BCUT2D eigenvalue weighted by atomic mass is 9.46. The average Bonchev–Trinajstić information content (AvgIpc) is 3.08. The monoisotopic (exact) mass is 356 g/mol. The van der Waals surface area contributed by atoms with Crippen LogP contribution in [0.15, 0.2) is 11.6 Å². The number of hydrogen-bond donors (Lipinski definition) is 0. The van der Waals surface area contributed by atoms with Crippen LogP contribution in [0.4, 0.5) is 0 Å². The summed E-state index contributed by atoms with van der Waals surface area (Å²) in [4.78, 5) is 24.0. The molecule has 4 heteroatoms. The van der Waals surface area contributed by atoms with E-state index in [0.717, 1.165) is 44.9 Å². The van der Waals surface area contributed by atoms with Crippen LogP contribution in [0.5, 0.6) is 0 Å². The number of esters is 1. The Hall–Kier alpha value is -1.16. The maximum atomic E-state index is 12.0. The lowest BCUT2D eigenvalue weighted by Gasteiger charge is -2.56. The van der Waals surface area contributed by atoms with E-state index in [4.69, 9.17) is 9.47 Å². The second-order valence-corrected chi connectivity index (χ2v) is 10.2. The molecule has 7 atom stereocenters. The summed E-state index contributed by atoms with van der Waals surface area (Å²) in [6, 6.07) is 0. The van der Waals surface area contributed by atoms with Gasteiger partial charge in [0.25, 0.3) is 0 Å². The van der Waals surface area contributed by atoms with Crippen LogP contribution >= 0.6 is 0 Å². The van der Waals surface area contributed by atoms with E-state index in [-0.39, 0.29) is 34.1 Å². The SMILES string of the molecule is C[C@]12CCC(=O)C=C1CC[C@H]1[C@@H]3CC[C@]4(CCC(=O)O4)[C@@]3(C)C[C@H]3O[C@]312. The Morgan fingerprint density at radius 1 is 1.00 bits per heavy atom. The van der Waals surface area contributed by atoms with Crippen LogP contribution in [-0.2, 0) is 19.1 Å². The average molecular weight is 356 g/mol. The lowest BCUT2D eigenvalue weighted by molar-refractivity contribution is -0.164. The molecule has 0 aromatic heterocycles. The Balaban J connectivity index is 1.42. The fourth-order valence-corrected chi connectivity index (χ4v) is 8.30. The molecule has 4 aliphatic carbocycles. The Morgan fingerprint density at radius 3 is 2.62 bits per heavy atom. The molecule has 2 aliphatic heterocycles. The van der Waals surface area contributed by atoms with E-state index in [2.05, 4.69) is 13.8 Å². The summed E-state index contributed by atoms with van der Waals surface area (Å²) in [5.74, 6) is 1.40. The van der Waals surface area contributed by atoms with Gasteiger partial charge in [0.2, 0.25) is 0 Å². The van der Waals surface area contributed by atoms with Gasteiger partial charge in [-0.3, -0.25) is 9.59 Å². The van der Waals surface area contributed by atoms with Crippen molar-refractivity contribution in [2.75, 3.05) is 0 Å². The van der Waals surface area contributed by atoms with Crippen molar-refractivity contribution in [1.82, 2.24) is 0 Å². The smallest absolute Gasteiger partial charge is 0.306 e. The summed E-state index contributed by atoms with van der Waals surface area (Å²) in [5, 5.41) is 0. The zero-order valence-corrected chi connectivity index (χ0v) is 15.8. The number of epoxide rings is 1. The summed E-state index contributed by atoms with van der Waals surface area (Å²) < 4.78 is 12.6. The van der Waals surface area contributed by atoms with Gasteiger partial charge in [-0.1, -0.05) is 19.4 Å². The summed E-state index contributed by atoms with van der Waals surface area (Å²) in [6.07, 6.45) is 10.6. The van der Waals surface area contributed by atoms with Crippen molar-refractivity contribution in [3.63, 3.8) is 0 Å². The summed E-state index contributed by atoms with van der Waals surface area (Å²) in [6.45, 7) is 4.74. The van der Waals surface area contributed by atoms with Gasteiger partial charge in [0, 0.05) is 23.7 Å². The molecule has 0 amide bonds. The van der Waals surface area contributed by atoms with Gasteiger partial charge in [-0.25, -0.2) is 0 Å². The zero-order chi connectivity index (χ0) is 17.9. The molecule has 0 N–H and O–H groups in total. The van der Waals surface area contributed by atoms with Crippen molar-refractivity contribution >= 4 is 11.8 Å². The molecular weight excluding hydrogens is 328 g/mol. The first-order valence-electron chi connectivity index (χ1n) is 10.5. The molecule has 0 bridgehead atoms. The van der Waals surface area contributed by atoms with Crippen LogP contribution in [0, 0.1) is 22.7 Å². The zero-order valence-electron chi connectivity index (χ0n) is 15.8. The number of hydrogen-bond acceptors (Lipinski definition) is 4. The summed E-state index contributed by atoms with van der Waals surface area (Å²) >= 11 is 0. The highest BCUT2D eigenvalue weighted by Gasteiger charge is 2.81. The highest BCUT2D eigenvalue weighted by atomic mass is 16.6. The Morgan fingerprint density at radius 2 is 1.85 bits per heavy atom. The third-order valence-corrected chi connectivity index (χ3v) is 9.67. The molecule has 140 valence electrons. The van der Waals surface area contributed by atoms with Gasteiger partial charge >= 0.3 is 5.97 Å². The van der Waals surface area contributed by atoms with Crippen LogP contribution in [0.2, 0.25) is 0 Å². The molecule has 5 fully saturated rings. The fraction of sp³-hybridized carbons (Fsp3) is 0.818. The van der Waals surface area contributed by atoms with Gasteiger partial charge in [0.1, 0.15) is 11.2 Å². The number of fused-ring (bicyclic) bond motifs is 4. The molecule has 0 unspecified atom stereocenters. The second-order valence-electron chi connectivity index (χ2n) is 10.2. The Kier molecular flexibility index (Phi) is 2.72. The molecular formula is C22H28O4. The van der Waals surface area contributed by atoms with Gasteiger partial charge in [-0.15, -0.1) is 0 Å². The first kappa shape index (κ1) is 15.9. The molecule has 6 rings (SSSR count). The molecule has 26 heavy (non-hydrogen) atoms. The van der Waals surface area contributed by atoms with E-state index >= 15 is 0 Å². The van der Waals surface area contributed by atoms with E-state index < -0.39 is 0 Å². The predicted molar refractivity (Wildman–Crippen MR) is 94.3 cm³/mol. The number of ether oxygens (including phenoxy) is 2. The number of ketones is 1. The van der Waals surface area contributed by atoms with Crippen molar-refractivity contribution in [3.05, 3.63) is 11.6 Å². The Bertz CT molecular complexity index is 770. The summed E-state index contributed by atoms with van der Waals surface area (Å²) in [7, 11) is 0. The minimum absolute atomic E-state index is 0.00737. The van der Waals surface area contributed by atoms with Crippen molar-refractivity contribution in [2.45, 2.75) is 88.9 Å². The third kappa shape index (κ3) is 1.51. The van der Waals surface area contributed by atoms with Crippen LogP contribution in [0.3, 0.4) is 0 Å². The molecule has 3 saturated carbocycles. The fourth-order valence-electron chi connectivity index (χ4n) is 8.30. The lowest BCUT2D eigenvalue weighted by Crippen LogP contribution is -2.59. The third-order valence-electron chi connectivity index (χ3n) is 9.67. The second kappa shape index (κ2) is 4.45. The van der Waals surface area contributed by atoms with Gasteiger partial charge in [0.05, 0.1) is 6.10 Å². The van der Waals surface area contributed by atoms with Crippen molar-refractivity contribution in [2.24, 2.45) is 22.7 Å². The standard InChI is InChI=1S/C22H28O4/c1-19-8-5-14(23)11-13(19)3-4-16-15-6-9-21(10-7-18(24)26-21)20(15,2)12-17-22(16,19)25-17/h11,15-17H,3-10,12H2,1-2H3/t15-,16-,17+,19-,20-,21-,22-/m0/s1. The van der Waals surface area contributed by atoms with Gasteiger partial charge in [-0.05, 0) is 62.9 Å². The van der Waals surface area contributed by atoms with E-state index in [1.54, 1.807) is 0 Å². The molecule has 0 aromatic rings. The van der Waals surface area contributed by atoms with Crippen LogP contribution < -0.4 is 0 Å². The molecule has 2 saturated heterocycles. The van der Waals surface area contributed by atoms with E-state index in [9.17, 15) is 9.59 Å². The molecule has 6 aliphatic rings. The van der Waals surface area contributed by atoms with Gasteiger partial charge < -0.3 is 9.47 Å². The van der Waals surface area contributed by atoms with Crippen LogP contribution in [0.1, 0.15) is 71.6 Å². The predicted octanol–water partition coefficient (Wildman–Crippen LogP) is 3.73. The van der Waals surface area contributed by atoms with Crippen molar-refractivity contribution in [3.8, 4) is 0 Å². The molecule has 0 aromatic carbocycles. The quantitative estimate of drug-likeness (QED) is 0.490. The maximum absolute atomic E-state index is 12.0. The molecule has 2 heterocycles. The highest BCUT2D eigenvalue weighted by Crippen LogP contribution is 2.77. The van der Waals surface area contributed by atoms with E-state index in [1.165, 1.54) is 5.57 Å². The largest absolute Gasteiger partial charge is 0.458 e. The van der Waals surface area contributed by atoms with Crippen LogP contribution in [0.25, 0.3) is 0 Å². The minimum atomic E-state index is -0.244. The maximum Gasteiger partial charge on any atom is 0.306 e. The van der Waals surface area contributed by atoms with Crippen molar-refractivity contribution in [1.29, 1.82) is 0 Å². The minimum Gasteiger partial charge on any atom is -0.458 e. The highest BCUT2D eigenvalue weighted by molar-refractivity contribution is 5.91. The van der Waals surface area contributed by atoms with E-state index in [0.29, 0.717) is 30.5 Å². The van der Waals surface area contributed by atoms with E-state index in [1.807, 2.05) is 6.08 Å². The Labute approximate surface area is 154 Å². The van der Waals surface area contributed by atoms with Crippen molar-refractivity contribution < 1.29 is 19.1 Å². The number of carbonyl (C=O) groups is 2. The molecule has 0 radical (unpaired) electrons. The van der Waals surface area contributed by atoms with Gasteiger partial charge in [-0.2, -0.15) is 0 Å². The topological polar surface area (TPSA) is 55.9 Å².